The highest BCUT2D eigenvalue weighted by molar-refractivity contribution is 7.12. The molecule has 2 N–H and O–H groups in total. The SMILES string of the molecule is Cc1ccc(CC(=O)NCCCCCC(=O)O)s1. The molecule has 1 rings (SSSR count). The second-order valence-electron chi connectivity index (χ2n) is 4.24. The Kier molecular flexibility index (Phi) is 6.43. The van der Waals surface area contributed by atoms with Gasteiger partial charge in [-0.3, -0.25) is 9.59 Å². The van der Waals surface area contributed by atoms with E-state index < -0.39 is 5.97 Å². The standard InChI is InChI=1S/C13H19NO3S/c1-10-6-7-11(18-10)9-12(15)14-8-4-2-3-5-13(16)17/h6-7H,2-5,8-9H2,1H3,(H,14,15)(H,16,17). The van der Waals surface area contributed by atoms with Crippen LogP contribution < -0.4 is 5.32 Å². The van der Waals surface area contributed by atoms with E-state index in [9.17, 15) is 9.59 Å². The number of carbonyl (C=O) groups excluding carboxylic acids is 1. The smallest absolute Gasteiger partial charge is 0.303 e. The monoisotopic (exact) mass is 269 g/mol. The third-order valence-corrected chi connectivity index (χ3v) is 3.52. The largest absolute Gasteiger partial charge is 0.481 e. The summed E-state index contributed by atoms with van der Waals surface area (Å²) >= 11 is 1.64. The van der Waals surface area contributed by atoms with Crippen LogP contribution >= 0.6 is 11.3 Å². The first-order valence-electron chi connectivity index (χ1n) is 6.12. The summed E-state index contributed by atoms with van der Waals surface area (Å²) in [5.74, 6) is -0.720. The Balaban J connectivity index is 2.05. The van der Waals surface area contributed by atoms with E-state index in [0.717, 1.165) is 17.7 Å². The fourth-order valence-corrected chi connectivity index (χ4v) is 2.50. The summed E-state index contributed by atoms with van der Waals surface area (Å²) in [6, 6.07) is 3.99. The Bertz CT molecular complexity index is 401. The van der Waals surface area contributed by atoms with Crippen molar-refractivity contribution in [3.8, 4) is 0 Å². The van der Waals surface area contributed by atoms with E-state index >= 15 is 0 Å². The van der Waals surface area contributed by atoms with Crippen LogP contribution in [0.3, 0.4) is 0 Å². The molecule has 0 bridgehead atoms. The lowest BCUT2D eigenvalue weighted by Gasteiger charge is -2.03. The van der Waals surface area contributed by atoms with E-state index in [0.29, 0.717) is 19.4 Å². The Morgan fingerprint density at radius 3 is 2.67 bits per heavy atom. The van der Waals surface area contributed by atoms with Gasteiger partial charge in [0.1, 0.15) is 0 Å². The predicted octanol–water partition coefficient (Wildman–Crippen LogP) is 2.36. The number of carboxylic acid groups (broad SMARTS) is 1. The molecule has 0 saturated carbocycles. The highest BCUT2D eigenvalue weighted by Gasteiger charge is 2.04. The summed E-state index contributed by atoms with van der Waals surface area (Å²) in [6.45, 7) is 2.65. The number of carbonyl (C=O) groups is 2. The summed E-state index contributed by atoms with van der Waals surface area (Å²) in [7, 11) is 0. The van der Waals surface area contributed by atoms with Crippen molar-refractivity contribution in [2.75, 3.05) is 6.54 Å². The molecule has 0 aliphatic carbocycles. The fraction of sp³-hybridized carbons (Fsp3) is 0.538. The summed E-state index contributed by atoms with van der Waals surface area (Å²) in [6.07, 6.45) is 3.00. The Labute approximate surface area is 111 Å². The number of hydrogen-bond acceptors (Lipinski definition) is 3. The van der Waals surface area contributed by atoms with Gasteiger partial charge in [0.05, 0.1) is 6.42 Å². The number of rotatable bonds is 8. The predicted molar refractivity (Wildman–Crippen MR) is 71.9 cm³/mol. The van der Waals surface area contributed by atoms with Gasteiger partial charge >= 0.3 is 5.97 Å². The van der Waals surface area contributed by atoms with Crippen molar-refractivity contribution in [3.63, 3.8) is 0 Å². The van der Waals surface area contributed by atoms with Gasteiger partial charge < -0.3 is 10.4 Å². The first-order chi connectivity index (χ1) is 8.58. The van der Waals surface area contributed by atoms with Crippen molar-refractivity contribution < 1.29 is 14.7 Å². The number of amides is 1. The molecule has 100 valence electrons. The lowest BCUT2D eigenvalue weighted by Crippen LogP contribution is -2.25. The van der Waals surface area contributed by atoms with E-state index in [4.69, 9.17) is 5.11 Å². The minimum absolute atomic E-state index is 0.0371. The molecule has 0 spiro atoms. The first kappa shape index (κ1) is 14.7. The molecule has 4 nitrogen and oxygen atoms in total. The molecule has 0 saturated heterocycles. The minimum Gasteiger partial charge on any atom is -0.481 e. The second-order valence-corrected chi connectivity index (χ2v) is 5.62. The van der Waals surface area contributed by atoms with Crippen molar-refractivity contribution in [1.29, 1.82) is 0 Å². The molecule has 5 heteroatoms. The van der Waals surface area contributed by atoms with E-state index in [1.807, 2.05) is 19.1 Å². The zero-order valence-corrected chi connectivity index (χ0v) is 11.4. The molecule has 0 aromatic carbocycles. The van der Waals surface area contributed by atoms with Crippen molar-refractivity contribution in [1.82, 2.24) is 5.32 Å². The molecule has 0 atom stereocenters. The van der Waals surface area contributed by atoms with Gasteiger partial charge in [0.15, 0.2) is 0 Å². The van der Waals surface area contributed by atoms with Gasteiger partial charge in [-0.2, -0.15) is 0 Å². The lowest BCUT2D eigenvalue weighted by atomic mass is 10.2. The lowest BCUT2D eigenvalue weighted by molar-refractivity contribution is -0.137. The molecule has 0 aliphatic rings. The third-order valence-electron chi connectivity index (χ3n) is 2.52. The summed E-state index contributed by atoms with van der Waals surface area (Å²) < 4.78 is 0. The molecule has 1 heterocycles. The maximum absolute atomic E-state index is 11.6. The maximum atomic E-state index is 11.6. The second kappa shape index (κ2) is 7.87. The first-order valence-corrected chi connectivity index (χ1v) is 6.93. The topological polar surface area (TPSA) is 66.4 Å². The van der Waals surface area contributed by atoms with Crippen LogP contribution in [0.1, 0.15) is 35.4 Å². The molecular formula is C13H19NO3S. The molecule has 18 heavy (non-hydrogen) atoms. The van der Waals surface area contributed by atoms with Gasteiger partial charge in [0.25, 0.3) is 0 Å². The molecule has 1 aromatic rings. The van der Waals surface area contributed by atoms with Crippen LogP contribution in [-0.4, -0.2) is 23.5 Å². The van der Waals surface area contributed by atoms with Crippen molar-refractivity contribution in [3.05, 3.63) is 21.9 Å². The van der Waals surface area contributed by atoms with Crippen LogP contribution in [0.2, 0.25) is 0 Å². The third kappa shape index (κ3) is 6.39. The normalized spacial score (nSPS) is 10.3. The van der Waals surface area contributed by atoms with Crippen LogP contribution in [0.25, 0.3) is 0 Å². The van der Waals surface area contributed by atoms with Crippen LogP contribution in [0, 0.1) is 6.92 Å². The Morgan fingerprint density at radius 2 is 2.06 bits per heavy atom. The van der Waals surface area contributed by atoms with E-state index in [1.165, 1.54) is 4.88 Å². The van der Waals surface area contributed by atoms with Crippen LogP contribution in [0.4, 0.5) is 0 Å². The zero-order chi connectivity index (χ0) is 13.4. The molecule has 0 radical (unpaired) electrons. The molecule has 1 aromatic heterocycles. The van der Waals surface area contributed by atoms with Crippen molar-refractivity contribution >= 4 is 23.2 Å². The maximum Gasteiger partial charge on any atom is 0.303 e. The van der Waals surface area contributed by atoms with Gasteiger partial charge in [-0.1, -0.05) is 6.42 Å². The number of thiophene rings is 1. The van der Waals surface area contributed by atoms with Crippen LogP contribution in [-0.2, 0) is 16.0 Å². The molecule has 1 amide bonds. The Hall–Kier alpha value is -1.36. The highest BCUT2D eigenvalue weighted by Crippen LogP contribution is 2.15. The molecule has 0 fully saturated rings. The van der Waals surface area contributed by atoms with Gasteiger partial charge in [0, 0.05) is 22.7 Å². The Morgan fingerprint density at radius 1 is 1.28 bits per heavy atom. The summed E-state index contributed by atoms with van der Waals surface area (Å²) in [5, 5.41) is 11.3. The number of aliphatic carboxylic acids is 1. The van der Waals surface area contributed by atoms with Gasteiger partial charge in [-0.15, -0.1) is 11.3 Å². The van der Waals surface area contributed by atoms with E-state index in [2.05, 4.69) is 5.32 Å². The molecular weight excluding hydrogens is 250 g/mol. The minimum atomic E-state index is -0.757. The number of aryl methyl sites for hydroxylation is 1. The molecule has 0 unspecified atom stereocenters. The highest BCUT2D eigenvalue weighted by atomic mass is 32.1. The molecule has 0 aliphatic heterocycles. The summed E-state index contributed by atoms with van der Waals surface area (Å²) in [4.78, 5) is 24.1. The quantitative estimate of drug-likeness (QED) is 0.712. The van der Waals surface area contributed by atoms with Gasteiger partial charge in [-0.05, 0) is 31.9 Å². The average Bonchev–Trinajstić information content (AvgIpc) is 2.68. The fourth-order valence-electron chi connectivity index (χ4n) is 1.61. The van der Waals surface area contributed by atoms with E-state index in [-0.39, 0.29) is 12.3 Å². The van der Waals surface area contributed by atoms with E-state index in [1.54, 1.807) is 11.3 Å². The van der Waals surface area contributed by atoms with Crippen molar-refractivity contribution in [2.45, 2.75) is 39.0 Å². The number of hydrogen-bond donors (Lipinski definition) is 2. The summed E-state index contributed by atoms with van der Waals surface area (Å²) in [5.41, 5.74) is 0. The number of carboxylic acids is 1. The van der Waals surface area contributed by atoms with Crippen molar-refractivity contribution in [2.24, 2.45) is 0 Å². The van der Waals surface area contributed by atoms with Gasteiger partial charge in [0.2, 0.25) is 5.91 Å². The number of nitrogens with one attached hydrogen (secondary N) is 1. The van der Waals surface area contributed by atoms with Crippen LogP contribution in [0.15, 0.2) is 12.1 Å². The number of unbranched alkanes of at least 4 members (excludes halogenated alkanes) is 2. The average molecular weight is 269 g/mol. The zero-order valence-electron chi connectivity index (χ0n) is 10.6. The van der Waals surface area contributed by atoms with Gasteiger partial charge in [-0.25, -0.2) is 0 Å². The van der Waals surface area contributed by atoms with Crippen LogP contribution in [0.5, 0.6) is 0 Å².